The lowest BCUT2D eigenvalue weighted by Gasteiger charge is -2.15. The van der Waals surface area contributed by atoms with E-state index in [1.54, 1.807) is 0 Å². The third-order valence-electron chi connectivity index (χ3n) is 5.80. The summed E-state index contributed by atoms with van der Waals surface area (Å²) in [5.74, 6) is -2.29. The molecule has 34 heavy (non-hydrogen) atoms. The summed E-state index contributed by atoms with van der Waals surface area (Å²) >= 11 is 6.20. The first-order valence-electron chi connectivity index (χ1n) is 10.8. The number of carboxylic acid groups (broad SMARTS) is 1. The predicted octanol–water partition coefficient (Wildman–Crippen LogP) is 5.15. The maximum absolute atomic E-state index is 12.6. The number of nitrogens with one attached hydrogen (secondary N) is 2. The number of hydrogen-bond acceptors (Lipinski definition) is 4. The summed E-state index contributed by atoms with van der Waals surface area (Å²) in [6, 6.07) is 20.5. The lowest BCUT2D eigenvalue weighted by atomic mass is 9.98. The zero-order valence-corrected chi connectivity index (χ0v) is 19.1. The molecule has 0 saturated heterocycles. The summed E-state index contributed by atoms with van der Waals surface area (Å²) in [6.45, 7) is 1.62. The molecular formula is C26H23ClN2O5. The van der Waals surface area contributed by atoms with Crippen LogP contribution in [0.5, 0.6) is 0 Å². The molecule has 1 aliphatic carbocycles. The van der Waals surface area contributed by atoms with Crippen LogP contribution in [0.15, 0.2) is 66.7 Å². The van der Waals surface area contributed by atoms with Gasteiger partial charge in [-0.25, -0.2) is 4.79 Å². The van der Waals surface area contributed by atoms with Gasteiger partial charge in [-0.3, -0.25) is 14.9 Å². The fourth-order valence-electron chi connectivity index (χ4n) is 3.94. The van der Waals surface area contributed by atoms with Crippen LogP contribution in [0.2, 0.25) is 5.02 Å². The van der Waals surface area contributed by atoms with E-state index in [1.165, 1.54) is 25.1 Å². The van der Waals surface area contributed by atoms with Gasteiger partial charge in [-0.2, -0.15) is 0 Å². The van der Waals surface area contributed by atoms with E-state index in [1.807, 2.05) is 36.4 Å². The highest BCUT2D eigenvalue weighted by Crippen LogP contribution is 2.44. The van der Waals surface area contributed by atoms with Crippen LogP contribution in [-0.2, 0) is 9.53 Å². The van der Waals surface area contributed by atoms with Crippen LogP contribution in [0.3, 0.4) is 0 Å². The number of ether oxygens (including phenoxy) is 1. The summed E-state index contributed by atoms with van der Waals surface area (Å²) in [6.07, 6.45) is -0.694. The molecule has 1 unspecified atom stereocenters. The van der Waals surface area contributed by atoms with Crippen molar-refractivity contribution >= 4 is 35.3 Å². The second-order valence-electron chi connectivity index (χ2n) is 8.09. The molecule has 4 rings (SSSR count). The number of amides is 2. The zero-order valence-electron chi connectivity index (χ0n) is 18.4. The Labute approximate surface area is 201 Å². The summed E-state index contributed by atoms with van der Waals surface area (Å²) in [4.78, 5) is 35.9. The van der Waals surface area contributed by atoms with Gasteiger partial charge in [-0.05, 0) is 40.5 Å². The summed E-state index contributed by atoms with van der Waals surface area (Å²) in [7, 11) is 0. The predicted molar refractivity (Wildman–Crippen MR) is 129 cm³/mol. The lowest BCUT2D eigenvalue weighted by molar-refractivity contribution is -0.140. The van der Waals surface area contributed by atoms with Crippen molar-refractivity contribution in [2.24, 2.45) is 5.92 Å². The quantitative estimate of drug-likeness (QED) is 0.435. The van der Waals surface area contributed by atoms with Gasteiger partial charge in [-0.15, -0.1) is 0 Å². The molecule has 7 nitrogen and oxygen atoms in total. The Hall–Kier alpha value is -3.84. The summed E-state index contributed by atoms with van der Waals surface area (Å²) in [5.41, 5.74) is 4.92. The standard InChI is InChI=1S/C26H23ClN2O5/c1-15(25(31)32)13-28-24(30)16-10-11-22(27)23(12-16)29-26(33)34-14-21-19-8-4-2-6-17(19)18-7-3-5-9-20(18)21/h2-12,15,21H,13-14H2,1H3,(H,28,30)(H,29,33)(H,31,32). The van der Waals surface area contributed by atoms with E-state index in [4.69, 9.17) is 21.4 Å². The Bertz CT molecular complexity index is 1210. The largest absolute Gasteiger partial charge is 0.481 e. The number of fused-ring (bicyclic) bond motifs is 3. The maximum Gasteiger partial charge on any atom is 0.411 e. The van der Waals surface area contributed by atoms with E-state index in [0.29, 0.717) is 0 Å². The van der Waals surface area contributed by atoms with Gasteiger partial charge in [0.05, 0.1) is 16.6 Å². The number of halogens is 1. The van der Waals surface area contributed by atoms with Crippen molar-refractivity contribution in [2.45, 2.75) is 12.8 Å². The van der Waals surface area contributed by atoms with Crippen molar-refractivity contribution in [3.05, 3.63) is 88.4 Å². The first-order valence-corrected chi connectivity index (χ1v) is 11.2. The number of aliphatic carboxylic acids is 1. The summed E-state index contributed by atoms with van der Waals surface area (Å²) in [5, 5.41) is 14.3. The Morgan fingerprint density at radius 2 is 1.62 bits per heavy atom. The minimum Gasteiger partial charge on any atom is -0.481 e. The van der Waals surface area contributed by atoms with Crippen LogP contribution in [0.25, 0.3) is 11.1 Å². The highest BCUT2D eigenvalue weighted by molar-refractivity contribution is 6.33. The van der Waals surface area contributed by atoms with E-state index in [0.717, 1.165) is 22.3 Å². The molecule has 3 aromatic rings. The summed E-state index contributed by atoms with van der Waals surface area (Å²) < 4.78 is 5.53. The van der Waals surface area contributed by atoms with Crippen LogP contribution < -0.4 is 10.6 Å². The average molecular weight is 479 g/mol. The van der Waals surface area contributed by atoms with Gasteiger partial charge in [0.25, 0.3) is 5.91 Å². The van der Waals surface area contributed by atoms with E-state index in [-0.39, 0.29) is 35.3 Å². The van der Waals surface area contributed by atoms with Crippen LogP contribution in [0.4, 0.5) is 10.5 Å². The molecule has 2 amide bonds. The van der Waals surface area contributed by atoms with Crippen molar-refractivity contribution in [1.29, 1.82) is 0 Å². The highest BCUT2D eigenvalue weighted by atomic mass is 35.5. The number of anilines is 1. The Balaban J connectivity index is 1.41. The van der Waals surface area contributed by atoms with E-state index >= 15 is 0 Å². The van der Waals surface area contributed by atoms with Gasteiger partial charge in [0.1, 0.15) is 6.61 Å². The SMILES string of the molecule is CC(CNC(=O)c1ccc(Cl)c(NC(=O)OCC2c3ccccc3-c3ccccc32)c1)C(=O)O. The minimum absolute atomic E-state index is 0.0219. The van der Waals surface area contributed by atoms with E-state index < -0.39 is 23.9 Å². The third kappa shape index (κ3) is 4.89. The van der Waals surface area contributed by atoms with Crippen molar-refractivity contribution in [1.82, 2.24) is 5.32 Å². The van der Waals surface area contributed by atoms with Crippen molar-refractivity contribution < 1.29 is 24.2 Å². The van der Waals surface area contributed by atoms with Crippen LogP contribution >= 0.6 is 11.6 Å². The van der Waals surface area contributed by atoms with Crippen LogP contribution in [0, 0.1) is 5.92 Å². The van der Waals surface area contributed by atoms with Crippen LogP contribution in [-0.4, -0.2) is 36.2 Å². The average Bonchev–Trinajstić information content (AvgIpc) is 3.16. The number of carbonyl (C=O) groups is 3. The fraction of sp³-hybridized carbons (Fsp3) is 0.192. The van der Waals surface area contributed by atoms with Crippen molar-refractivity contribution in [3.63, 3.8) is 0 Å². The molecule has 0 radical (unpaired) electrons. The molecule has 3 N–H and O–H groups in total. The number of benzene rings is 3. The van der Waals surface area contributed by atoms with Crippen LogP contribution in [0.1, 0.15) is 34.3 Å². The third-order valence-corrected chi connectivity index (χ3v) is 6.13. The van der Waals surface area contributed by atoms with Crippen molar-refractivity contribution in [3.8, 4) is 11.1 Å². The fourth-order valence-corrected chi connectivity index (χ4v) is 4.11. The highest BCUT2D eigenvalue weighted by Gasteiger charge is 2.29. The van der Waals surface area contributed by atoms with Gasteiger partial charge in [0.15, 0.2) is 0 Å². The number of carbonyl (C=O) groups excluding carboxylic acids is 2. The molecular weight excluding hydrogens is 456 g/mol. The molecule has 1 aliphatic rings. The number of carboxylic acids is 1. The second-order valence-corrected chi connectivity index (χ2v) is 8.50. The molecule has 8 heteroatoms. The van der Waals surface area contributed by atoms with Gasteiger partial charge in [-0.1, -0.05) is 67.1 Å². The molecule has 0 spiro atoms. The molecule has 0 bridgehead atoms. The molecule has 0 heterocycles. The smallest absolute Gasteiger partial charge is 0.411 e. The Morgan fingerprint density at radius 3 is 2.24 bits per heavy atom. The van der Waals surface area contributed by atoms with E-state index in [2.05, 4.69) is 22.8 Å². The Kier molecular flexibility index (Phi) is 6.84. The topological polar surface area (TPSA) is 105 Å². The molecule has 3 aromatic carbocycles. The Morgan fingerprint density at radius 1 is 1.00 bits per heavy atom. The maximum atomic E-state index is 12.6. The van der Waals surface area contributed by atoms with Gasteiger partial charge in [0, 0.05) is 18.0 Å². The first-order chi connectivity index (χ1) is 16.3. The lowest BCUT2D eigenvalue weighted by Crippen LogP contribution is -2.31. The number of hydrogen-bond donors (Lipinski definition) is 3. The second kappa shape index (κ2) is 9.97. The zero-order chi connectivity index (χ0) is 24.2. The molecule has 0 aliphatic heterocycles. The minimum atomic E-state index is -1.01. The molecule has 174 valence electrons. The first kappa shape index (κ1) is 23.3. The van der Waals surface area contributed by atoms with E-state index in [9.17, 15) is 14.4 Å². The molecule has 1 atom stereocenters. The molecule has 0 fully saturated rings. The van der Waals surface area contributed by atoms with Crippen molar-refractivity contribution in [2.75, 3.05) is 18.5 Å². The molecule has 0 saturated carbocycles. The van der Waals surface area contributed by atoms with Gasteiger partial charge < -0.3 is 15.2 Å². The van der Waals surface area contributed by atoms with Gasteiger partial charge in [0.2, 0.25) is 0 Å². The normalized spacial score (nSPS) is 12.9. The molecule has 0 aromatic heterocycles. The monoisotopic (exact) mass is 478 g/mol. The number of rotatable bonds is 7. The van der Waals surface area contributed by atoms with Gasteiger partial charge >= 0.3 is 12.1 Å².